The third-order valence-corrected chi connectivity index (χ3v) is 2.50. The van der Waals surface area contributed by atoms with Crippen molar-refractivity contribution < 1.29 is 9.53 Å². The Bertz CT molecular complexity index is 253. The Kier molecular flexibility index (Phi) is 3.91. The van der Waals surface area contributed by atoms with Crippen LogP contribution in [0.5, 0.6) is 0 Å². The van der Waals surface area contributed by atoms with Crippen molar-refractivity contribution in [2.24, 2.45) is 11.7 Å². The van der Waals surface area contributed by atoms with Crippen LogP contribution in [0.2, 0.25) is 0 Å². The predicted molar refractivity (Wildman–Crippen MR) is 60.3 cm³/mol. The molecular weight excluding hydrogens is 190 g/mol. The van der Waals surface area contributed by atoms with Gasteiger partial charge in [-0.1, -0.05) is 12.2 Å². The van der Waals surface area contributed by atoms with Crippen LogP contribution in [-0.4, -0.2) is 17.6 Å². The molecule has 86 valence electrons. The summed E-state index contributed by atoms with van der Waals surface area (Å²) in [5.74, 6) is -0.0346. The highest BCUT2D eigenvalue weighted by molar-refractivity contribution is 5.76. The van der Waals surface area contributed by atoms with E-state index >= 15 is 0 Å². The molecule has 0 fully saturated rings. The van der Waals surface area contributed by atoms with Gasteiger partial charge in [0.15, 0.2) is 0 Å². The maximum absolute atomic E-state index is 11.7. The van der Waals surface area contributed by atoms with E-state index in [1.165, 1.54) is 0 Å². The van der Waals surface area contributed by atoms with Gasteiger partial charge in [0.2, 0.25) is 0 Å². The maximum Gasteiger partial charge on any atom is 0.323 e. The predicted octanol–water partition coefficient (Wildman–Crippen LogP) is 2.01. The van der Waals surface area contributed by atoms with Crippen LogP contribution in [0, 0.1) is 5.92 Å². The molecule has 1 aliphatic rings. The number of carbonyl (C=O) groups excluding carboxylic acids is 1. The molecule has 0 aliphatic heterocycles. The van der Waals surface area contributed by atoms with Crippen molar-refractivity contribution in [2.75, 3.05) is 0 Å². The number of hydrogen-bond acceptors (Lipinski definition) is 3. The zero-order valence-corrected chi connectivity index (χ0v) is 9.82. The van der Waals surface area contributed by atoms with Gasteiger partial charge >= 0.3 is 5.97 Å². The SMILES string of the molecule is CC(C)(C)OC(=O)C(N)C1CC=CCC1. The number of allylic oxidation sites excluding steroid dienone is 2. The van der Waals surface area contributed by atoms with Crippen LogP contribution in [0.3, 0.4) is 0 Å². The minimum atomic E-state index is -0.478. The summed E-state index contributed by atoms with van der Waals surface area (Å²) in [5.41, 5.74) is 5.45. The number of nitrogens with two attached hydrogens (primary N) is 1. The number of rotatable bonds is 2. The largest absolute Gasteiger partial charge is 0.459 e. The van der Waals surface area contributed by atoms with Gasteiger partial charge in [-0.2, -0.15) is 0 Å². The third-order valence-electron chi connectivity index (χ3n) is 2.50. The Balaban J connectivity index is 2.48. The van der Waals surface area contributed by atoms with Crippen LogP contribution < -0.4 is 5.73 Å². The molecule has 0 aromatic rings. The fourth-order valence-electron chi connectivity index (χ4n) is 1.71. The second-order valence-electron chi connectivity index (χ2n) is 5.10. The standard InChI is InChI=1S/C12H21NO2/c1-12(2,3)15-11(14)10(13)9-7-5-4-6-8-9/h4-5,9-10H,6-8,13H2,1-3H3. The quantitative estimate of drug-likeness (QED) is 0.561. The summed E-state index contributed by atoms with van der Waals surface area (Å²) < 4.78 is 5.26. The van der Waals surface area contributed by atoms with Gasteiger partial charge in [-0.25, -0.2) is 0 Å². The van der Waals surface area contributed by atoms with Crippen LogP contribution >= 0.6 is 0 Å². The van der Waals surface area contributed by atoms with Crippen LogP contribution in [0.1, 0.15) is 40.0 Å². The second kappa shape index (κ2) is 4.79. The van der Waals surface area contributed by atoms with E-state index in [9.17, 15) is 4.79 Å². The van der Waals surface area contributed by atoms with Crippen molar-refractivity contribution in [2.45, 2.75) is 51.7 Å². The van der Waals surface area contributed by atoms with E-state index in [2.05, 4.69) is 12.2 Å². The minimum absolute atomic E-state index is 0.241. The molecule has 0 heterocycles. The molecule has 0 bridgehead atoms. The molecule has 0 aromatic heterocycles. The molecule has 3 nitrogen and oxygen atoms in total. The molecule has 2 N–H and O–H groups in total. The van der Waals surface area contributed by atoms with Gasteiger partial charge in [-0.05, 0) is 46.0 Å². The van der Waals surface area contributed by atoms with E-state index in [1.54, 1.807) is 0 Å². The van der Waals surface area contributed by atoms with E-state index in [0.29, 0.717) is 0 Å². The average molecular weight is 211 g/mol. The lowest BCUT2D eigenvalue weighted by molar-refractivity contribution is -0.158. The summed E-state index contributed by atoms with van der Waals surface area (Å²) >= 11 is 0. The Morgan fingerprint density at radius 2 is 2.13 bits per heavy atom. The van der Waals surface area contributed by atoms with Crippen molar-refractivity contribution in [1.82, 2.24) is 0 Å². The van der Waals surface area contributed by atoms with Crippen LogP contribution in [0.4, 0.5) is 0 Å². The first-order valence-corrected chi connectivity index (χ1v) is 5.53. The first kappa shape index (κ1) is 12.2. The van der Waals surface area contributed by atoms with E-state index in [0.717, 1.165) is 19.3 Å². The van der Waals surface area contributed by atoms with Crippen molar-refractivity contribution >= 4 is 5.97 Å². The van der Waals surface area contributed by atoms with Crippen molar-refractivity contribution in [3.8, 4) is 0 Å². The van der Waals surface area contributed by atoms with Gasteiger partial charge < -0.3 is 10.5 Å². The Morgan fingerprint density at radius 3 is 2.60 bits per heavy atom. The number of carbonyl (C=O) groups is 1. The van der Waals surface area contributed by atoms with Crippen molar-refractivity contribution in [3.05, 3.63) is 12.2 Å². The lowest BCUT2D eigenvalue weighted by Gasteiger charge is -2.27. The van der Waals surface area contributed by atoms with E-state index in [-0.39, 0.29) is 11.9 Å². The molecule has 1 aliphatic carbocycles. The maximum atomic E-state index is 11.7. The van der Waals surface area contributed by atoms with E-state index in [1.807, 2.05) is 20.8 Å². The summed E-state index contributed by atoms with van der Waals surface area (Å²) in [6.45, 7) is 5.58. The van der Waals surface area contributed by atoms with Crippen LogP contribution in [-0.2, 0) is 9.53 Å². The van der Waals surface area contributed by atoms with Gasteiger partial charge in [-0.15, -0.1) is 0 Å². The summed E-state index contributed by atoms with van der Waals surface area (Å²) in [7, 11) is 0. The Hall–Kier alpha value is -0.830. The van der Waals surface area contributed by atoms with E-state index in [4.69, 9.17) is 10.5 Å². The monoisotopic (exact) mass is 211 g/mol. The molecule has 0 saturated heterocycles. The molecule has 3 heteroatoms. The number of hydrogen-bond donors (Lipinski definition) is 1. The van der Waals surface area contributed by atoms with Crippen LogP contribution in [0.25, 0.3) is 0 Å². The lowest BCUT2D eigenvalue weighted by Crippen LogP contribution is -2.42. The van der Waals surface area contributed by atoms with E-state index < -0.39 is 11.6 Å². The number of ether oxygens (including phenoxy) is 1. The highest BCUT2D eigenvalue weighted by atomic mass is 16.6. The first-order valence-electron chi connectivity index (χ1n) is 5.53. The lowest BCUT2D eigenvalue weighted by atomic mass is 9.88. The van der Waals surface area contributed by atoms with Crippen molar-refractivity contribution in [1.29, 1.82) is 0 Å². The molecule has 2 atom stereocenters. The molecule has 0 saturated carbocycles. The van der Waals surface area contributed by atoms with Gasteiger partial charge in [0.1, 0.15) is 11.6 Å². The van der Waals surface area contributed by atoms with Gasteiger partial charge in [0, 0.05) is 0 Å². The van der Waals surface area contributed by atoms with Gasteiger partial charge in [0.25, 0.3) is 0 Å². The normalized spacial score (nSPS) is 23.6. The Morgan fingerprint density at radius 1 is 1.47 bits per heavy atom. The topological polar surface area (TPSA) is 52.3 Å². The third kappa shape index (κ3) is 4.04. The fourth-order valence-corrected chi connectivity index (χ4v) is 1.71. The molecule has 0 aromatic carbocycles. The first-order chi connectivity index (χ1) is 6.90. The van der Waals surface area contributed by atoms with Crippen molar-refractivity contribution in [3.63, 3.8) is 0 Å². The van der Waals surface area contributed by atoms with Gasteiger partial charge in [-0.3, -0.25) is 4.79 Å². The highest BCUT2D eigenvalue weighted by Gasteiger charge is 2.28. The molecule has 0 radical (unpaired) electrons. The average Bonchev–Trinajstić information content (AvgIpc) is 2.15. The molecular formula is C12H21NO2. The molecule has 0 spiro atoms. The summed E-state index contributed by atoms with van der Waals surface area (Å²) in [4.78, 5) is 11.7. The summed E-state index contributed by atoms with van der Waals surface area (Å²) in [6, 6.07) is -0.478. The van der Waals surface area contributed by atoms with Gasteiger partial charge in [0.05, 0.1) is 0 Å². The summed E-state index contributed by atoms with van der Waals surface area (Å²) in [6.07, 6.45) is 7.12. The molecule has 0 amide bonds. The second-order valence-corrected chi connectivity index (χ2v) is 5.10. The zero-order chi connectivity index (χ0) is 11.5. The zero-order valence-electron chi connectivity index (χ0n) is 9.82. The fraction of sp³-hybridized carbons (Fsp3) is 0.750. The highest BCUT2D eigenvalue weighted by Crippen LogP contribution is 2.22. The molecule has 1 rings (SSSR count). The molecule has 15 heavy (non-hydrogen) atoms. The van der Waals surface area contributed by atoms with Crippen LogP contribution in [0.15, 0.2) is 12.2 Å². The Labute approximate surface area is 91.7 Å². The molecule has 2 unspecified atom stereocenters. The smallest absolute Gasteiger partial charge is 0.323 e. The minimum Gasteiger partial charge on any atom is -0.459 e. The number of esters is 1. The summed E-state index contributed by atoms with van der Waals surface area (Å²) in [5, 5.41) is 0.